The van der Waals surface area contributed by atoms with Gasteiger partial charge >= 0.3 is 7.60 Å². The number of rotatable bonds is 11. The molecule has 0 amide bonds. The zero-order valence-corrected chi connectivity index (χ0v) is 24.9. The second-order valence-electron chi connectivity index (χ2n) is 10.3. The van der Waals surface area contributed by atoms with E-state index >= 15 is 0 Å². The number of halogens is 1. The zero-order valence-electron chi connectivity index (χ0n) is 23.3. The molecule has 3 aromatic heterocycles. The van der Waals surface area contributed by atoms with Crippen molar-refractivity contribution in [1.29, 1.82) is 0 Å². The van der Waals surface area contributed by atoms with Gasteiger partial charge < -0.3 is 29.4 Å². The summed E-state index contributed by atoms with van der Waals surface area (Å²) in [6.45, 7) is 7.42. The first-order chi connectivity index (χ1) is 19.8. The molecule has 1 fully saturated rings. The summed E-state index contributed by atoms with van der Waals surface area (Å²) in [7, 11) is -3.36. The van der Waals surface area contributed by atoms with Crippen LogP contribution >= 0.6 is 19.2 Å². The number of hydrogen-bond donors (Lipinski definition) is 2. The minimum Gasteiger partial charge on any atom is -0.382 e. The lowest BCUT2D eigenvalue weighted by Gasteiger charge is -2.29. The lowest BCUT2D eigenvalue weighted by Crippen LogP contribution is -2.34. The summed E-state index contributed by atoms with van der Waals surface area (Å²) in [5.41, 5.74) is 8.96. The largest absolute Gasteiger partial charge is 0.382 e. The third kappa shape index (κ3) is 7.71. The summed E-state index contributed by atoms with van der Waals surface area (Å²) >= 11 is 6.11. The molecular formula is C27H36ClN8O4P. The van der Waals surface area contributed by atoms with Crippen molar-refractivity contribution in [2.24, 2.45) is 0 Å². The van der Waals surface area contributed by atoms with Gasteiger partial charge in [-0.25, -0.2) is 15.0 Å². The van der Waals surface area contributed by atoms with Crippen molar-refractivity contribution in [1.82, 2.24) is 29.4 Å². The van der Waals surface area contributed by atoms with Crippen LogP contribution in [-0.2, 0) is 24.9 Å². The number of ether oxygens (including phenoxy) is 1. The van der Waals surface area contributed by atoms with E-state index in [9.17, 15) is 4.57 Å². The molecule has 0 aliphatic carbocycles. The molecule has 1 aliphatic rings. The zero-order chi connectivity index (χ0) is 28.8. The van der Waals surface area contributed by atoms with Crippen LogP contribution in [-0.4, -0.2) is 80.7 Å². The molecule has 4 aromatic rings. The highest BCUT2D eigenvalue weighted by Gasteiger charge is 2.29. The molecule has 4 heterocycles. The fourth-order valence-electron chi connectivity index (χ4n) is 4.85. The number of benzene rings is 1. The van der Waals surface area contributed by atoms with Crippen LogP contribution in [0, 0.1) is 0 Å². The van der Waals surface area contributed by atoms with Crippen LogP contribution in [0.25, 0.3) is 22.1 Å². The highest BCUT2D eigenvalue weighted by molar-refractivity contribution is 7.53. The summed E-state index contributed by atoms with van der Waals surface area (Å²) in [6.07, 6.45) is 6.44. The van der Waals surface area contributed by atoms with E-state index in [1.807, 2.05) is 35.8 Å². The highest BCUT2D eigenvalue weighted by atomic mass is 35.5. The second-order valence-corrected chi connectivity index (χ2v) is 12.7. The van der Waals surface area contributed by atoms with E-state index in [0.717, 1.165) is 36.0 Å². The Balaban J connectivity index is 1.03. The van der Waals surface area contributed by atoms with E-state index in [2.05, 4.69) is 37.1 Å². The first-order valence-corrected chi connectivity index (χ1v) is 15.8. The Morgan fingerprint density at radius 1 is 1.15 bits per heavy atom. The quantitative estimate of drug-likeness (QED) is 0.229. The molecule has 12 nitrogen and oxygen atoms in total. The van der Waals surface area contributed by atoms with Gasteiger partial charge in [0.25, 0.3) is 0 Å². The number of nitrogen functional groups attached to an aromatic ring is 1. The van der Waals surface area contributed by atoms with Crippen molar-refractivity contribution in [3.8, 4) is 0 Å². The molecule has 14 heteroatoms. The van der Waals surface area contributed by atoms with E-state index in [1.54, 1.807) is 12.5 Å². The van der Waals surface area contributed by atoms with E-state index in [0.29, 0.717) is 54.9 Å². The minimum atomic E-state index is -3.36. The van der Waals surface area contributed by atoms with Gasteiger partial charge in [0.2, 0.25) is 0 Å². The molecule has 220 valence electrons. The SMILES string of the molecule is CC(CCCN1CCOP(=O)(CO[C@H](C)Cn2cnc3c(N)ncnc32)OCC1)Nc1ccnc2cc(Cl)ccc12. The van der Waals surface area contributed by atoms with E-state index in [1.165, 1.54) is 6.33 Å². The van der Waals surface area contributed by atoms with Crippen LogP contribution in [0.5, 0.6) is 0 Å². The lowest BCUT2D eigenvalue weighted by atomic mass is 10.1. The van der Waals surface area contributed by atoms with E-state index in [-0.39, 0.29) is 18.5 Å². The smallest absolute Gasteiger partial charge is 0.356 e. The summed E-state index contributed by atoms with van der Waals surface area (Å²) in [4.78, 5) is 19.2. The van der Waals surface area contributed by atoms with Crippen LogP contribution in [0.3, 0.4) is 0 Å². The Hall–Kier alpha value is -2.86. The van der Waals surface area contributed by atoms with E-state index in [4.69, 9.17) is 31.1 Å². The number of nitrogens with one attached hydrogen (secondary N) is 1. The van der Waals surface area contributed by atoms with Crippen molar-refractivity contribution >= 4 is 52.8 Å². The maximum atomic E-state index is 13.2. The first-order valence-electron chi connectivity index (χ1n) is 13.7. The predicted octanol–water partition coefficient (Wildman–Crippen LogP) is 4.80. The first kappa shape index (κ1) is 29.6. The number of hydrogen-bond acceptors (Lipinski definition) is 11. The van der Waals surface area contributed by atoms with Gasteiger partial charge in [-0.2, -0.15) is 0 Å². The second kappa shape index (κ2) is 13.4. The molecule has 5 rings (SSSR count). The number of aromatic nitrogens is 5. The van der Waals surface area contributed by atoms with Crippen LogP contribution in [0.1, 0.15) is 26.7 Å². The normalized spacial score (nSPS) is 17.7. The maximum Gasteiger partial charge on any atom is 0.356 e. The van der Waals surface area contributed by atoms with E-state index < -0.39 is 7.60 Å². The number of anilines is 2. The molecule has 1 aliphatic heterocycles. The number of fused-ring (bicyclic) bond motifs is 2. The topological polar surface area (TPSA) is 143 Å². The van der Waals surface area contributed by atoms with Crippen molar-refractivity contribution in [2.75, 3.05) is 50.2 Å². The average Bonchev–Trinajstić information content (AvgIpc) is 3.34. The number of imidazole rings is 1. The molecule has 2 atom stereocenters. The fourth-order valence-corrected chi connectivity index (χ4v) is 6.40. The molecule has 0 bridgehead atoms. The van der Waals surface area contributed by atoms with Crippen LogP contribution in [0.2, 0.25) is 5.02 Å². The summed E-state index contributed by atoms with van der Waals surface area (Å²) in [5.74, 6) is 0.327. The Bertz CT molecular complexity index is 1510. The molecule has 1 unspecified atom stereocenters. The van der Waals surface area contributed by atoms with Crippen LogP contribution < -0.4 is 11.1 Å². The Labute approximate surface area is 244 Å². The highest BCUT2D eigenvalue weighted by Crippen LogP contribution is 2.48. The van der Waals surface area contributed by atoms with Gasteiger partial charge in [0.05, 0.1) is 37.7 Å². The van der Waals surface area contributed by atoms with Crippen molar-refractivity contribution < 1.29 is 18.3 Å². The summed E-state index contributed by atoms with van der Waals surface area (Å²) in [6, 6.07) is 8.03. The molecule has 3 N–H and O–H groups in total. The van der Waals surface area contributed by atoms with Gasteiger partial charge in [0.15, 0.2) is 11.5 Å². The van der Waals surface area contributed by atoms with Gasteiger partial charge in [0, 0.05) is 41.4 Å². The maximum absolute atomic E-state index is 13.2. The number of pyridine rings is 1. The van der Waals surface area contributed by atoms with Gasteiger partial charge in [-0.05, 0) is 57.5 Å². The van der Waals surface area contributed by atoms with Gasteiger partial charge in [-0.1, -0.05) is 11.6 Å². The lowest BCUT2D eigenvalue weighted by molar-refractivity contribution is 0.0548. The number of nitrogens with zero attached hydrogens (tertiary/aromatic N) is 6. The average molecular weight is 603 g/mol. The summed E-state index contributed by atoms with van der Waals surface area (Å²) in [5, 5.41) is 5.34. The Kier molecular flexibility index (Phi) is 9.69. The number of nitrogens with two attached hydrogens (primary N) is 1. The predicted molar refractivity (Wildman–Crippen MR) is 160 cm³/mol. The molecular weight excluding hydrogens is 567 g/mol. The van der Waals surface area contributed by atoms with Gasteiger partial charge in [-0.3, -0.25) is 14.4 Å². The van der Waals surface area contributed by atoms with Crippen molar-refractivity contribution in [3.05, 3.63) is 48.1 Å². The third-order valence-electron chi connectivity index (χ3n) is 7.01. The minimum absolute atomic E-state index is 0.114. The summed E-state index contributed by atoms with van der Waals surface area (Å²) < 4.78 is 32.3. The standard InChI is InChI=1S/C27H36ClN8O4P/c1-19(34-23-7-8-30-24-14-21(28)5-6-22(23)24)4-3-9-35-10-12-39-41(37,40-13-11-35)18-38-20(2)15-36-17-33-25-26(29)31-16-32-27(25)36/h5-8,14,16-17,19-20H,3-4,9-13,15,18H2,1-2H3,(H,30,34)(H2,29,31,32)/t19?,20-/m1/s1. The molecule has 41 heavy (non-hydrogen) atoms. The van der Waals surface area contributed by atoms with Crippen LogP contribution in [0.15, 0.2) is 43.1 Å². The van der Waals surface area contributed by atoms with Crippen molar-refractivity contribution in [2.45, 2.75) is 45.4 Å². The molecule has 0 radical (unpaired) electrons. The van der Waals surface area contributed by atoms with Gasteiger partial charge in [-0.15, -0.1) is 0 Å². The molecule has 1 saturated heterocycles. The monoisotopic (exact) mass is 602 g/mol. The van der Waals surface area contributed by atoms with Crippen LogP contribution in [0.4, 0.5) is 11.5 Å². The Morgan fingerprint density at radius 3 is 2.76 bits per heavy atom. The fraction of sp³-hybridized carbons (Fsp3) is 0.481. The Morgan fingerprint density at radius 2 is 1.95 bits per heavy atom. The molecule has 0 spiro atoms. The van der Waals surface area contributed by atoms with Crippen molar-refractivity contribution in [3.63, 3.8) is 0 Å². The van der Waals surface area contributed by atoms with Gasteiger partial charge in [0.1, 0.15) is 18.2 Å². The molecule has 0 saturated carbocycles. The third-order valence-corrected chi connectivity index (χ3v) is 8.86. The molecule has 1 aromatic carbocycles.